The van der Waals surface area contributed by atoms with Gasteiger partial charge in [-0.3, -0.25) is 19.3 Å². The van der Waals surface area contributed by atoms with E-state index in [1.165, 1.54) is 4.90 Å². The number of carbonyl (C=O) groups excluding carboxylic acids is 3. The number of fused-ring (bicyclic) bond motifs is 3. The molecule has 2 aliphatic rings. The van der Waals surface area contributed by atoms with Gasteiger partial charge in [0.25, 0.3) is 5.91 Å². The molecule has 7 nitrogen and oxygen atoms in total. The lowest BCUT2D eigenvalue weighted by atomic mass is 9.98. The molecule has 0 bridgehead atoms. The van der Waals surface area contributed by atoms with Gasteiger partial charge in [0.1, 0.15) is 12.2 Å². The van der Waals surface area contributed by atoms with Crippen molar-refractivity contribution < 1.29 is 14.4 Å². The van der Waals surface area contributed by atoms with E-state index in [0.717, 1.165) is 5.56 Å². The van der Waals surface area contributed by atoms with Gasteiger partial charge in [0.05, 0.1) is 23.7 Å². The first kappa shape index (κ1) is 18.7. The average Bonchev–Trinajstić information content (AvgIpc) is 3.02. The van der Waals surface area contributed by atoms with Gasteiger partial charge in [0.15, 0.2) is 0 Å². The van der Waals surface area contributed by atoms with Gasteiger partial charge in [-0.1, -0.05) is 24.3 Å². The zero-order chi connectivity index (χ0) is 20.6. The van der Waals surface area contributed by atoms with Crippen molar-refractivity contribution >= 4 is 29.1 Å². The fourth-order valence-electron chi connectivity index (χ4n) is 4.08. The molecule has 4 rings (SSSR count). The maximum absolute atomic E-state index is 13.2. The van der Waals surface area contributed by atoms with E-state index >= 15 is 0 Å². The first-order valence-electron chi connectivity index (χ1n) is 9.44. The van der Waals surface area contributed by atoms with Gasteiger partial charge in [-0.15, -0.1) is 0 Å². The summed E-state index contributed by atoms with van der Waals surface area (Å²) in [6.07, 6.45) is 1.11. The fourth-order valence-corrected chi connectivity index (χ4v) is 4.08. The smallest absolute Gasteiger partial charge is 0.258 e. The van der Waals surface area contributed by atoms with Crippen LogP contribution in [0.2, 0.25) is 0 Å². The Hall–Kier alpha value is -3.66. The number of rotatable bonds is 4. The van der Waals surface area contributed by atoms with Gasteiger partial charge in [0, 0.05) is 12.1 Å². The first-order valence-corrected chi connectivity index (χ1v) is 9.44. The third kappa shape index (κ3) is 3.13. The van der Waals surface area contributed by atoms with Gasteiger partial charge in [0.2, 0.25) is 11.8 Å². The van der Waals surface area contributed by atoms with Gasteiger partial charge in [-0.25, -0.2) is 0 Å². The maximum Gasteiger partial charge on any atom is 0.258 e. The molecule has 2 aromatic carbocycles. The van der Waals surface area contributed by atoms with Crippen molar-refractivity contribution in [2.75, 3.05) is 16.8 Å². The van der Waals surface area contributed by atoms with Crippen molar-refractivity contribution in [3.05, 3.63) is 59.7 Å². The van der Waals surface area contributed by atoms with E-state index in [-0.39, 0.29) is 24.3 Å². The van der Waals surface area contributed by atoms with Gasteiger partial charge in [-0.2, -0.15) is 5.26 Å². The summed E-state index contributed by atoms with van der Waals surface area (Å²) in [5.74, 6) is -0.647. The maximum atomic E-state index is 13.2. The van der Waals surface area contributed by atoms with E-state index in [2.05, 4.69) is 11.4 Å². The molecule has 29 heavy (non-hydrogen) atoms. The van der Waals surface area contributed by atoms with E-state index in [4.69, 9.17) is 5.26 Å². The van der Waals surface area contributed by atoms with Crippen molar-refractivity contribution in [3.8, 4) is 6.07 Å². The molecule has 2 aromatic rings. The Bertz CT molecular complexity index is 1040. The monoisotopic (exact) mass is 388 g/mol. The molecule has 3 amide bonds. The Kier molecular flexibility index (Phi) is 4.55. The molecule has 146 valence electrons. The molecule has 0 radical (unpaired) electrons. The lowest BCUT2D eigenvalue weighted by Crippen LogP contribution is -2.63. The molecular formula is C22H20N4O3. The predicted molar refractivity (Wildman–Crippen MR) is 107 cm³/mol. The lowest BCUT2D eigenvalue weighted by molar-refractivity contribution is -0.120. The van der Waals surface area contributed by atoms with Gasteiger partial charge < -0.3 is 10.2 Å². The molecular weight excluding hydrogens is 368 g/mol. The molecule has 0 aromatic heterocycles. The van der Waals surface area contributed by atoms with Crippen LogP contribution < -0.4 is 10.2 Å². The predicted octanol–water partition coefficient (Wildman–Crippen LogP) is 2.69. The van der Waals surface area contributed by atoms with Crippen LogP contribution in [0.5, 0.6) is 0 Å². The second-order valence-corrected chi connectivity index (χ2v) is 7.43. The summed E-state index contributed by atoms with van der Waals surface area (Å²) in [6.45, 7) is 1.67. The molecule has 1 N–H and O–H groups in total. The SMILES string of the molecule is CC12CCC(=O)N1c1ccccc1C(=O)N2CC(=O)Nc1ccc(CC#N)cc1. The van der Waals surface area contributed by atoms with Crippen molar-refractivity contribution in [2.24, 2.45) is 0 Å². The second-order valence-electron chi connectivity index (χ2n) is 7.43. The molecule has 1 fully saturated rings. The van der Waals surface area contributed by atoms with Crippen molar-refractivity contribution in [1.29, 1.82) is 5.26 Å². The van der Waals surface area contributed by atoms with Gasteiger partial charge in [-0.05, 0) is 43.2 Å². The highest BCUT2D eigenvalue weighted by atomic mass is 16.2. The number of nitriles is 1. The van der Waals surface area contributed by atoms with Crippen LogP contribution in [0.25, 0.3) is 0 Å². The van der Waals surface area contributed by atoms with Crippen LogP contribution in [0.4, 0.5) is 11.4 Å². The van der Waals surface area contributed by atoms with Crippen LogP contribution in [-0.2, 0) is 16.0 Å². The van der Waals surface area contributed by atoms with Crippen molar-refractivity contribution in [2.45, 2.75) is 31.8 Å². The highest BCUT2D eigenvalue weighted by Gasteiger charge is 2.53. The number of anilines is 2. The highest BCUT2D eigenvalue weighted by molar-refractivity contribution is 6.11. The number of para-hydroxylation sites is 1. The zero-order valence-electron chi connectivity index (χ0n) is 16.0. The normalized spacial score (nSPS) is 20.1. The van der Waals surface area contributed by atoms with Crippen LogP contribution >= 0.6 is 0 Å². The summed E-state index contributed by atoms with van der Waals surface area (Å²) >= 11 is 0. The van der Waals surface area contributed by atoms with E-state index in [1.807, 2.05) is 6.92 Å². The van der Waals surface area contributed by atoms with Gasteiger partial charge >= 0.3 is 0 Å². The van der Waals surface area contributed by atoms with Crippen molar-refractivity contribution in [3.63, 3.8) is 0 Å². The first-order chi connectivity index (χ1) is 13.9. The minimum atomic E-state index is -0.865. The number of benzene rings is 2. The largest absolute Gasteiger partial charge is 0.325 e. The molecule has 0 aliphatic carbocycles. The Morgan fingerprint density at radius 2 is 1.90 bits per heavy atom. The summed E-state index contributed by atoms with van der Waals surface area (Å²) in [5, 5.41) is 11.5. The summed E-state index contributed by atoms with van der Waals surface area (Å²) in [5.41, 5.74) is 1.62. The molecule has 0 spiro atoms. The van der Waals surface area contributed by atoms with Crippen LogP contribution in [0.15, 0.2) is 48.5 Å². The third-order valence-corrected chi connectivity index (χ3v) is 5.57. The summed E-state index contributed by atoms with van der Waals surface area (Å²) in [7, 11) is 0. The Morgan fingerprint density at radius 3 is 2.62 bits per heavy atom. The number of hydrogen-bond acceptors (Lipinski definition) is 4. The second kappa shape index (κ2) is 7.06. The minimum Gasteiger partial charge on any atom is -0.325 e. The quantitative estimate of drug-likeness (QED) is 0.871. The highest BCUT2D eigenvalue weighted by Crippen LogP contribution is 2.43. The Labute approximate surface area is 168 Å². The average molecular weight is 388 g/mol. The van der Waals surface area contributed by atoms with Crippen LogP contribution in [0.1, 0.15) is 35.7 Å². The fraction of sp³-hybridized carbons (Fsp3) is 0.273. The molecule has 0 saturated carbocycles. The van der Waals surface area contributed by atoms with Crippen LogP contribution in [-0.4, -0.2) is 34.8 Å². The van der Waals surface area contributed by atoms with E-state index in [9.17, 15) is 14.4 Å². The van der Waals surface area contributed by atoms with Crippen LogP contribution in [0, 0.1) is 11.3 Å². The molecule has 1 unspecified atom stereocenters. The van der Waals surface area contributed by atoms with Crippen LogP contribution in [0.3, 0.4) is 0 Å². The number of amides is 3. The van der Waals surface area contributed by atoms with E-state index in [1.54, 1.807) is 53.4 Å². The van der Waals surface area contributed by atoms with Crippen molar-refractivity contribution in [1.82, 2.24) is 4.90 Å². The third-order valence-electron chi connectivity index (χ3n) is 5.57. The Balaban J connectivity index is 1.58. The molecule has 1 atom stereocenters. The number of nitrogens with zero attached hydrogens (tertiary/aromatic N) is 3. The summed E-state index contributed by atoms with van der Waals surface area (Å²) < 4.78 is 0. The standard InChI is InChI=1S/C22H20N4O3/c1-22-12-10-20(28)26(22)18-5-3-2-4-17(18)21(29)25(22)14-19(27)24-16-8-6-15(7-9-16)11-13-23/h2-9H,10-12,14H2,1H3,(H,24,27). The molecule has 2 aliphatic heterocycles. The van der Waals surface area contributed by atoms with E-state index < -0.39 is 5.66 Å². The zero-order valence-corrected chi connectivity index (χ0v) is 16.0. The van der Waals surface area contributed by atoms with E-state index in [0.29, 0.717) is 36.2 Å². The molecule has 2 heterocycles. The minimum absolute atomic E-state index is 0.0501. The summed E-state index contributed by atoms with van der Waals surface area (Å²) in [4.78, 5) is 41.5. The number of carbonyl (C=O) groups is 3. The molecule has 7 heteroatoms. The topological polar surface area (TPSA) is 93.5 Å². The number of hydrogen-bond donors (Lipinski definition) is 1. The molecule has 1 saturated heterocycles. The summed E-state index contributed by atoms with van der Waals surface area (Å²) in [6, 6.07) is 16.1. The Morgan fingerprint density at radius 1 is 1.17 bits per heavy atom. The lowest BCUT2D eigenvalue weighted by Gasteiger charge is -2.48. The number of nitrogens with one attached hydrogen (secondary N) is 1.